The molecule has 0 unspecified atom stereocenters. The Kier molecular flexibility index (Phi) is 5.12. The number of halogens is 3. The smallest absolute Gasteiger partial charge is 0.471 e. The minimum absolute atomic E-state index is 0.0222. The summed E-state index contributed by atoms with van der Waals surface area (Å²) in [6.45, 7) is 1.85. The van der Waals surface area contributed by atoms with Crippen molar-refractivity contribution in [1.29, 1.82) is 0 Å². The largest absolute Gasteiger partial charge is 0.481 e. The van der Waals surface area contributed by atoms with Gasteiger partial charge < -0.3 is 10.4 Å². The first-order chi connectivity index (χ1) is 9.18. The molecule has 1 aromatic carbocycles. The molecule has 0 aliphatic rings. The van der Waals surface area contributed by atoms with Crippen LogP contribution in [0.25, 0.3) is 0 Å². The molecule has 1 rings (SSSR count). The summed E-state index contributed by atoms with van der Waals surface area (Å²) in [4.78, 5) is 21.5. The number of hydrogen-bond donors (Lipinski definition) is 2. The second-order valence-corrected chi connectivity index (χ2v) is 4.46. The van der Waals surface area contributed by atoms with Crippen LogP contribution in [0.2, 0.25) is 0 Å². The minimum atomic E-state index is -5.02. The Balaban J connectivity index is 2.76. The highest BCUT2D eigenvalue weighted by molar-refractivity contribution is 5.82. The predicted molar refractivity (Wildman–Crippen MR) is 65.1 cm³/mol. The van der Waals surface area contributed by atoms with Gasteiger partial charge in [-0.2, -0.15) is 13.2 Å². The lowest BCUT2D eigenvalue weighted by Gasteiger charge is -2.18. The molecule has 0 bridgehead atoms. The lowest BCUT2D eigenvalue weighted by atomic mass is 10.0. The van der Waals surface area contributed by atoms with Crippen LogP contribution in [0.5, 0.6) is 0 Å². The van der Waals surface area contributed by atoms with Crippen molar-refractivity contribution in [2.24, 2.45) is 0 Å². The number of alkyl halides is 3. The molecule has 110 valence electrons. The maximum Gasteiger partial charge on any atom is 0.471 e. The van der Waals surface area contributed by atoms with Gasteiger partial charge in [0.25, 0.3) is 0 Å². The Hall–Kier alpha value is -2.05. The first-order valence-corrected chi connectivity index (χ1v) is 5.83. The molecule has 0 aliphatic heterocycles. The third-order valence-corrected chi connectivity index (χ3v) is 2.62. The van der Waals surface area contributed by atoms with Crippen LogP contribution in [0.1, 0.15) is 17.5 Å². The number of hydrogen-bond acceptors (Lipinski definition) is 2. The van der Waals surface area contributed by atoms with Gasteiger partial charge in [-0.05, 0) is 18.9 Å². The summed E-state index contributed by atoms with van der Waals surface area (Å²) >= 11 is 0. The molecule has 1 atom stereocenters. The highest BCUT2D eigenvalue weighted by Gasteiger charge is 2.39. The van der Waals surface area contributed by atoms with E-state index in [2.05, 4.69) is 0 Å². The Morgan fingerprint density at radius 1 is 1.25 bits per heavy atom. The van der Waals surface area contributed by atoms with E-state index in [0.717, 1.165) is 5.56 Å². The maximum absolute atomic E-state index is 12.2. The molecule has 2 N–H and O–H groups in total. The number of nitrogens with one attached hydrogen (secondary N) is 1. The molecule has 1 aromatic rings. The number of benzene rings is 1. The van der Waals surface area contributed by atoms with E-state index in [0.29, 0.717) is 5.56 Å². The average molecular weight is 289 g/mol. The summed E-state index contributed by atoms with van der Waals surface area (Å²) in [5.74, 6) is -3.40. The van der Waals surface area contributed by atoms with Gasteiger partial charge >= 0.3 is 18.1 Å². The van der Waals surface area contributed by atoms with E-state index in [-0.39, 0.29) is 6.42 Å². The zero-order chi connectivity index (χ0) is 15.3. The third-order valence-electron chi connectivity index (χ3n) is 2.62. The van der Waals surface area contributed by atoms with Crippen molar-refractivity contribution in [2.45, 2.75) is 32.0 Å². The lowest BCUT2D eigenvalue weighted by molar-refractivity contribution is -0.174. The van der Waals surface area contributed by atoms with Crippen molar-refractivity contribution in [3.8, 4) is 0 Å². The molecule has 4 nitrogen and oxygen atoms in total. The fraction of sp³-hybridized carbons (Fsp3) is 0.385. The molecule has 0 saturated carbocycles. The number of aliphatic carboxylic acids is 1. The van der Waals surface area contributed by atoms with E-state index in [4.69, 9.17) is 5.11 Å². The lowest BCUT2D eigenvalue weighted by Crippen LogP contribution is -2.45. The number of amides is 1. The highest BCUT2D eigenvalue weighted by Crippen LogP contribution is 2.16. The Morgan fingerprint density at radius 3 is 2.25 bits per heavy atom. The fourth-order valence-corrected chi connectivity index (χ4v) is 1.66. The van der Waals surface area contributed by atoms with Gasteiger partial charge in [0, 0.05) is 6.04 Å². The molecule has 20 heavy (non-hydrogen) atoms. The van der Waals surface area contributed by atoms with Crippen molar-refractivity contribution >= 4 is 11.9 Å². The van der Waals surface area contributed by atoms with E-state index >= 15 is 0 Å². The Bertz CT molecular complexity index is 483. The molecular formula is C13H14F3NO3. The second-order valence-electron chi connectivity index (χ2n) is 4.46. The zero-order valence-electron chi connectivity index (χ0n) is 10.7. The second kappa shape index (κ2) is 6.40. The molecule has 0 saturated heterocycles. The summed E-state index contributed by atoms with van der Waals surface area (Å²) in [6, 6.07) is 5.79. The van der Waals surface area contributed by atoms with Gasteiger partial charge in [-0.15, -0.1) is 0 Å². The molecule has 0 aromatic heterocycles. The monoisotopic (exact) mass is 289 g/mol. The molecule has 0 aliphatic carbocycles. The van der Waals surface area contributed by atoms with E-state index < -0.39 is 30.5 Å². The SMILES string of the molecule is Cc1ccc(C[C@@H](CC(=O)O)NC(=O)C(F)(F)F)cc1. The number of rotatable bonds is 5. The molecule has 0 radical (unpaired) electrons. The van der Waals surface area contributed by atoms with Crippen LogP contribution in [0.4, 0.5) is 13.2 Å². The molecule has 7 heteroatoms. The van der Waals surface area contributed by atoms with Gasteiger partial charge in [0.2, 0.25) is 0 Å². The van der Waals surface area contributed by atoms with Crippen LogP contribution in [-0.4, -0.2) is 29.2 Å². The number of carbonyl (C=O) groups excluding carboxylic acids is 1. The van der Waals surface area contributed by atoms with Gasteiger partial charge in [0.1, 0.15) is 0 Å². The third kappa shape index (κ3) is 5.29. The van der Waals surface area contributed by atoms with E-state index in [1.54, 1.807) is 29.6 Å². The standard InChI is InChI=1S/C13H14F3NO3/c1-8-2-4-9(5-3-8)6-10(7-11(18)19)17-12(20)13(14,15)16/h2-5,10H,6-7H2,1H3,(H,17,20)(H,18,19)/t10-/m0/s1. The Morgan fingerprint density at radius 2 is 1.80 bits per heavy atom. The first-order valence-electron chi connectivity index (χ1n) is 5.83. The summed E-state index contributed by atoms with van der Waals surface area (Å²) in [6.07, 6.45) is -5.58. The highest BCUT2D eigenvalue weighted by atomic mass is 19.4. The van der Waals surface area contributed by atoms with E-state index in [1.165, 1.54) is 0 Å². The van der Waals surface area contributed by atoms with Gasteiger partial charge in [-0.25, -0.2) is 0 Å². The minimum Gasteiger partial charge on any atom is -0.481 e. The van der Waals surface area contributed by atoms with Crippen molar-refractivity contribution in [3.63, 3.8) is 0 Å². The predicted octanol–water partition coefficient (Wildman–Crippen LogP) is 2.06. The summed E-state index contributed by atoms with van der Waals surface area (Å²) in [7, 11) is 0. The van der Waals surface area contributed by atoms with E-state index in [9.17, 15) is 22.8 Å². The summed E-state index contributed by atoms with van der Waals surface area (Å²) in [5, 5.41) is 10.4. The maximum atomic E-state index is 12.2. The molecule has 0 spiro atoms. The average Bonchev–Trinajstić information content (AvgIpc) is 2.30. The van der Waals surface area contributed by atoms with Crippen molar-refractivity contribution < 1.29 is 27.9 Å². The fourth-order valence-electron chi connectivity index (χ4n) is 1.66. The number of carbonyl (C=O) groups is 2. The molecule has 0 fully saturated rings. The first kappa shape index (κ1) is 16.0. The number of carboxylic acid groups (broad SMARTS) is 1. The molecule has 1 amide bonds. The number of aryl methyl sites for hydroxylation is 1. The van der Waals surface area contributed by atoms with Gasteiger partial charge in [-0.1, -0.05) is 29.8 Å². The normalized spacial score (nSPS) is 12.8. The summed E-state index contributed by atoms with van der Waals surface area (Å²) in [5.41, 5.74) is 1.63. The molecular weight excluding hydrogens is 275 g/mol. The topological polar surface area (TPSA) is 66.4 Å². The van der Waals surface area contributed by atoms with Crippen LogP contribution in [0, 0.1) is 6.92 Å². The van der Waals surface area contributed by atoms with Crippen LogP contribution >= 0.6 is 0 Å². The van der Waals surface area contributed by atoms with Crippen LogP contribution in [0.3, 0.4) is 0 Å². The van der Waals surface area contributed by atoms with Crippen LogP contribution < -0.4 is 5.32 Å². The van der Waals surface area contributed by atoms with Gasteiger partial charge in [0.05, 0.1) is 6.42 Å². The van der Waals surface area contributed by atoms with E-state index in [1.807, 2.05) is 6.92 Å². The van der Waals surface area contributed by atoms with Crippen molar-refractivity contribution in [2.75, 3.05) is 0 Å². The van der Waals surface area contributed by atoms with Crippen LogP contribution in [0.15, 0.2) is 24.3 Å². The van der Waals surface area contributed by atoms with Gasteiger partial charge in [0.15, 0.2) is 0 Å². The molecule has 0 heterocycles. The van der Waals surface area contributed by atoms with Crippen molar-refractivity contribution in [3.05, 3.63) is 35.4 Å². The summed E-state index contributed by atoms with van der Waals surface area (Å²) < 4.78 is 36.5. The van der Waals surface area contributed by atoms with Crippen molar-refractivity contribution in [1.82, 2.24) is 5.32 Å². The van der Waals surface area contributed by atoms with Gasteiger partial charge in [-0.3, -0.25) is 9.59 Å². The quantitative estimate of drug-likeness (QED) is 0.872. The van der Waals surface area contributed by atoms with Crippen LogP contribution in [-0.2, 0) is 16.0 Å². The Labute approximate surface area is 113 Å². The number of carboxylic acids is 1. The zero-order valence-corrected chi connectivity index (χ0v) is 10.7.